The lowest BCUT2D eigenvalue weighted by Crippen LogP contribution is -1.94. The molecule has 0 saturated heterocycles. The standard InChI is InChI=1S/C13H12N4/c1-8-7-12(17-16-8)13-14-9(2)10-5-3-4-6-11(10)15-13/h3-7H,1-2H3,(H,16,17). The van der Waals surface area contributed by atoms with Crippen molar-refractivity contribution in [3.63, 3.8) is 0 Å². The fourth-order valence-electron chi connectivity index (χ4n) is 1.88. The highest BCUT2D eigenvalue weighted by atomic mass is 15.1. The van der Waals surface area contributed by atoms with E-state index < -0.39 is 0 Å². The highest BCUT2D eigenvalue weighted by molar-refractivity contribution is 5.82. The molecule has 0 amide bonds. The van der Waals surface area contributed by atoms with Crippen LogP contribution >= 0.6 is 0 Å². The number of benzene rings is 1. The number of hydrogen-bond acceptors (Lipinski definition) is 3. The van der Waals surface area contributed by atoms with Gasteiger partial charge < -0.3 is 0 Å². The summed E-state index contributed by atoms with van der Waals surface area (Å²) in [5, 5.41) is 8.18. The molecule has 0 saturated carbocycles. The van der Waals surface area contributed by atoms with E-state index in [1.54, 1.807) is 0 Å². The van der Waals surface area contributed by atoms with Crippen LogP contribution in [0.15, 0.2) is 30.3 Å². The Labute approximate surface area is 98.7 Å². The lowest BCUT2D eigenvalue weighted by Gasteiger charge is -2.02. The number of aromatic nitrogens is 4. The van der Waals surface area contributed by atoms with Crippen LogP contribution in [-0.2, 0) is 0 Å². The van der Waals surface area contributed by atoms with Crippen LogP contribution in [0.3, 0.4) is 0 Å². The van der Waals surface area contributed by atoms with Gasteiger partial charge >= 0.3 is 0 Å². The Morgan fingerprint density at radius 2 is 1.88 bits per heavy atom. The summed E-state index contributed by atoms with van der Waals surface area (Å²) in [7, 11) is 0. The van der Waals surface area contributed by atoms with Crippen molar-refractivity contribution in [1.82, 2.24) is 20.2 Å². The maximum atomic E-state index is 4.53. The molecule has 4 heteroatoms. The van der Waals surface area contributed by atoms with E-state index in [4.69, 9.17) is 0 Å². The van der Waals surface area contributed by atoms with E-state index in [1.165, 1.54) is 0 Å². The molecular formula is C13H12N4. The average Bonchev–Trinajstić information content (AvgIpc) is 2.76. The Bertz CT molecular complexity index is 685. The quantitative estimate of drug-likeness (QED) is 0.691. The number of H-pyrrole nitrogens is 1. The van der Waals surface area contributed by atoms with Crippen molar-refractivity contribution in [2.75, 3.05) is 0 Å². The molecule has 0 aliphatic rings. The third kappa shape index (κ3) is 1.67. The zero-order chi connectivity index (χ0) is 11.8. The molecule has 0 atom stereocenters. The fraction of sp³-hybridized carbons (Fsp3) is 0.154. The van der Waals surface area contributed by atoms with Crippen molar-refractivity contribution in [3.8, 4) is 11.5 Å². The van der Waals surface area contributed by atoms with E-state index in [0.29, 0.717) is 5.82 Å². The predicted octanol–water partition coefficient (Wildman–Crippen LogP) is 2.64. The van der Waals surface area contributed by atoms with Gasteiger partial charge in [-0.2, -0.15) is 5.10 Å². The van der Waals surface area contributed by atoms with Gasteiger partial charge in [-0.1, -0.05) is 18.2 Å². The third-order valence-corrected chi connectivity index (χ3v) is 2.73. The summed E-state index contributed by atoms with van der Waals surface area (Å²) in [4.78, 5) is 9.02. The molecule has 1 aromatic carbocycles. The largest absolute Gasteiger partial charge is 0.282 e. The lowest BCUT2D eigenvalue weighted by atomic mass is 10.2. The molecule has 1 N–H and O–H groups in total. The second-order valence-electron chi connectivity index (χ2n) is 4.09. The molecule has 17 heavy (non-hydrogen) atoms. The first-order valence-corrected chi connectivity index (χ1v) is 5.50. The smallest absolute Gasteiger partial charge is 0.180 e. The van der Waals surface area contributed by atoms with E-state index in [-0.39, 0.29) is 0 Å². The van der Waals surface area contributed by atoms with E-state index in [9.17, 15) is 0 Å². The predicted molar refractivity (Wildman–Crippen MR) is 66.6 cm³/mol. The molecule has 2 heterocycles. The molecule has 2 aromatic heterocycles. The van der Waals surface area contributed by atoms with E-state index >= 15 is 0 Å². The summed E-state index contributed by atoms with van der Waals surface area (Å²) in [6.07, 6.45) is 0. The highest BCUT2D eigenvalue weighted by Crippen LogP contribution is 2.19. The minimum Gasteiger partial charge on any atom is -0.282 e. The van der Waals surface area contributed by atoms with Crippen LogP contribution in [0.1, 0.15) is 11.4 Å². The van der Waals surface area contributed by atoms with Gasteiger partial charge in [0.25, 0.3) is 0 Å². The zero-order valence-corrected chi connectivity index (χ0v) is 9.73. The number of hydrogen-bond donors (Lipinski definition) is 1. The van der Waals surface area contributed by atoms with Gasteiger partial charge in [-0.25, -0.2) is 9.97 Å². The average molecular weight is 224 g/mol. The van der Waals surface area contributed by atoms with Crippen molar-refractivity contribution in [1.29, 1.82) is 0 Å². The molecule has 3 rings (SSSR count). The van der Waals surface area contributed by atoms with Crippen molar-refractivity contribution in [2.24, 2.45) is 0 Å². The molecule has 0 bridgehead atoms. The topological polar surface area (TPSA) is 54.5 Å². The van der Waals surface area contributed by atoms with E-state index in [2.05, 4.69) is 20.2 Å². The molecule has 0 aliphatic carbocycles. The van der Waals surface area contributed by atoms with Gasteiger partial charge in [0, 0.05) is 16.8 Å². The Balaban J connectivity index is 2.25. The van der Waals surface area contributed by atoms with Crippen LogP contribution in [0.25, 0.3) is 22.4 Å². The third-order valence-electron chi connectivity index (χ3n) is 2.73. The lowest BCUT2D eigenvalue weighted by molar-refractivity contribution is 1.03. The minimum absolute atomic E-state index is 0.672. The molecule has 0 unspecified atom stereocenters. The molecular weight excluding hydrogens is 212 g/mol. The normalized spacial score (nSPS) is 10.9. The summed E-state index contributed by atoms with van der Waals surface area (Å²) in [6, 6.07) is 9.95. The van der Waals surface area contributed by atoms with E-state index in [0.717, 1.165) is 28.0 Å². The monoisotopic (exact) mass is 224 g/mol. The molecule has 0 radical (unpaired) electrons. The molecule has 0 fully saturated rings. The van der Waals surface area contributed by atoms with Crippen LogP contribution in [0.4, 0.5) is 0 Å². The number of nitrogens with one attached hydrogen (secondary N) is 1. The Hall–Kier alpha value is -2.23. The Morgan fingerprint density at radius 1 is 1.06 bits per heavy atom. The maximum absolute atomic E-state index is 4.53. The van der Waals surface area contributed by atoms with Gasteiger partial charge in [0.15, 0.2) is 5.82 Å². The van der Waals surface area contributed by atoms with Gasteiger partial charge in [0.1, 0.15) is 5.69 Å². The maximum Gasteiger partial charge on any atom is 0.180 e. The summed E-state index contributed by atoms with van der Waals surface area (Å²) in [5.74, 6) is 0.672. The van der Waals surface area contributed by atoms with Gasteiger partial charge in [-0.05, 0) is 26.0 Å². The van der Waals surface area contributed by atoms with Gasteiger partial charge in [0.05, 0.1) is 5.52 Å². The molecule has 4 nitrogen and oxygen atoms in total. The van der Waals surface area contributed by atoms with Gasteiger partial charge in [-0.3, -0.25) is 5.10 Å². The Morgan fingerprint density at radius 3 is 2.65 bits per heavy atom. The first-order chi connectivity index (χ1) is 8.24. The second kappa shape index (κ2) is 3.66. The van der Waals surface area contributed by atoms with Gasteiger partial charge in [-0.15, -0.1) is 0 Å². The highest BCUT2D eigenvalue weighted by Gasteiger charge is 2.08. The fourth-order valence-corrected chi connectivity index (χ4v) is 1.88. The molecule has 0 spiro atoms. The first kappa shape index (κ1) is 9.96. The molecule has 0 aliphatic heterocycles. The number of para-hydroxylation sites is 1. The number of aryl methyl sites for hydroxylation is 2. The van der Waals surface area contributed by atoms with Crippen LogP contribution in [0.5, 0.6) is 0 Å². The minimum atomic E-state index is 0.672. The Kier molecular flexibility index (Phi) is 2.14. The number of fused-ring (bicyclic) bond motifs is 1. The van der Waals surface area contributed by atoms with Crippen LogP contribution in [0.2, 0.25) is 0 Å². The van der Waals surface area contributed by atoms with Crippen molar-refractivity contribution < 1.29 is 0 Å². The van der Waals surface area contributed by atoms with E-state index in [1.807, 2.05) is 44.2 Å². The van der Waals surface area contributed by atoms with Crippen LogP contribution in [0, 0.1) is 13.8 Å². The van der Waals surface area contributed by atoms with Gasteiger partial charge in [0.2, 0.25) is 0 Å². The zero-order valence-electron chi connectivity index (χ0n) is 9.73. The van der Waals surface area contributed by atoms with Crippen molar-refractivity contribution in [3.05, 3.63) is 41.7 Å². The van der Waals surface area contributed by atoms with Crippen molar-refractivity contribution in [2.45, 2.75) is 13.8 Å². The van der Waals surface area contributed by atoms with Crippen LogP contribution < -0.4 is 0 Å². The number of aromatic amines is 1. The molecule has 84 valence electrons. The number of rotatable bonds is 1. The second-order valence-corrected chi connectivity index (χ2v) is 4.09. The summed E-state index contributed by atoms with van der Waals surface area (Å²) in [6.45, 7) is 3.96. The summed E-state index contributed by atoms with van der Waals surface area (Å²) < 4.78 is 0. The first-order valence-electron chi connectivity index (χ1n) is 5.50. The summed E-state index contributed by atoms with van der Waals surface area (Å²) >= 11 is 0. The van der Waals surface area contributed by atoms with Crippen molar-refractivity contribution >= 4 is 10.9 Å². The molecule has 3 aromatic rings. The summed E-state index contributed by atoms with van der Waals surface area (Å²) in [5.41, 5.74) is 3.73. The van der Waals surface area contributed by atoms with Crippen LogP contribution in [-0.4, -0.2) is 20.2 Å². The number of nitrogens with zero attached hydrogens (tertiary/aromatic N) is 3. The SMILES string of the molecule is Cc1cc(-c2nc(C)c3ccccc3n2)n[nH]1.